The van der Waals surface area contributed by atoms with Crippen LogP contribution in [0.15, 0.2) is 0 Å². The summed E-state index contributed by atoms with van der Waals surface area (Å²) in [6, 6.07) is 0.959. The van der Waals surface area contributed by atoms with E-state index in [1.165, 1.54) is 0 Å². The fraction of sp³-hybridized carbons (Fsp3) is 0.923. The third-order valence-electron chi connectivity index (χ3n) is 3.80. The van der Waals surface area contributed by atoms with Gasteiger partial charge in [-0.2, -0.15) is 0 Å². The Kier molecular flexibility index (Phi) is 5.92. The van der Waals surface area contributed by atoms with Crippen molar-refractivity contribution in [3.63, 3.8) is 0 Å². The lowest BCUT2D eigenvalue weighted by Crippen LogP contribution is -2.41. The van der Waals surface area contributed by atoms with E-state index in [4.69, 9.17) is 5.11 Å². The average molecular weight is 242 g/mol. The van der Waals surface area contributed by atoms with E-state index in [-0.39, 0.29) is 5.92 Å². The number of nitrogens with zero attached hydrogens (tertiary/aromatic N) is 1. The van der Waals surface area contributed by atoms with Crippen molar-refractivity contribution in [3.8, 4) is 0 Å². The molecule has 4 nitrogen and oxygen atoms in total. The van der Waals surface area contributed by atoms with Gasteiger partial charge >= 0.3 is 5.97 Å². The van der Waals surface area contributed by atoms with E-state index in [0.717, 1.165) is 38.8 Å². The molecule has 0 heterocycles. The highest BCUT2D eigenvalue weighted by atomic mass is 16.4. The van der Waals surface area contributed by atoms with Gasteiger partial charge < -0.3 is 15.3 Å². The number of rotatable bonds is 6. The molecule has 100 valence electrons. The second-order valence-corrected chi connectivity index (χ2v) is 5.43. The first-order valence-corrected chi connectivity index (χ1v) is 6.67. The minimum Gasteiger partial charge on any atom is -0.481 e. The Morgan fingerprint density at radius 1 is 1.47 bits per heavy atom. The molecule has 0 radical (unpaired) electrons. The Balaban J connectivity index is 2.21. The van der Waals surface area contributed by atoms with Gasteiger partial charge in [0.15, 0.2) is 0 Å². The molecule has 1 saturated carbocycles. The highest BCUT2D eigenvalue weighted by Gasteiger charge is 2.26. The van der Waals surface area contributed by atoms with Gasteiger partial charge in [-0.25, -0.2) is 0 Å². The normalized spacial score (nSPS) is 25.5. The lowest BCUT2D eigenvalue weighted by molar-refractivity contribution is -0.143. The second-order valence-electron chi connectivity index (χ2n) is 5.43. The number of carboxylic acid groups (broad SMARTS) is 1. The fourth-order valence-electron chi connectivity index (χ4n) is 2.30. The van der Waals surface area contributed by atoms with Crippen molar-refractivity contribution < 1.29 is 9.90 Å². The molecule has 0 amide bonds. The van der Waals surface area contributed by atoms with Crippen molar-refractivity contribution in [1.82, 2.24) is 10.2 Å². The summed E-state index contributed by atoms with van der Waals surface area (Å²) in [5.41, 5.74) is 0. The molecule has 2 atom stereocenters. The first-order valence-electron chi connectivity index (χ1n) is 6.67. The van der Waals surface area contributed by atoms with E-state index in [1.807, 2.05) is 0 Å². The van der Waals surface area contributed by atoms with Crippen LogP contribution in [0.4, 0.5) is 0 Å². The summed E-state index contributed by atoms with van der Waals surface area (Å²) in [5.74, 6) is -0.764. The van der Waals surface area contributed by atoms with Gasteiger partial charge in [-0.05, 0) is 40.2 Å². The Hall–Kier alpha value is -0.610. The van der Waals surface area contributed by atoms with E-state index in [0.29, 0.717) is 12.1 Å². The summed E-state index contributed by atoms with van der Waals surface area (Å²) < 4.78 is 0. The smallest absolute Gasteiger partial charge is 0.306 e. The molecule has 0 saturated heterocycles. The van der Waals surface area contributed by atoms with Gasteiger partial charge in [0.05, 0.1) is 5.92 Å². The van der Waals surface area contributed by atoms with Crippen LogP contribution >= 0.6 is 0 Å². The molecule has 2 N–H and O–H groups in total. The molecule has 0 aromatic carbocycles. The van der Waals surface area contributed by atoms with Crippen molar-refractivity contribution in [2.75, 3.05) is 20.1 Å². The lowest BCUT2D eigenvalue weighted by atomic mass is 9.86. The molecular weight excluding hydrogens is 216 g/mol. The molecule has 17 heavy (non-hydrogen) atoms. The van der Waals surface area contributed by atoms with E-state index in [1.54, 1.807) is 0 Å². The van der Waals surface area contributed by atoms with Crippen LogP contribution in [-0.4, -0.2) is 48.2 Å². The molecule has 1 fully saturated rings. The van der Waals surface area contributed by atoms with E-state index in [2.05, 4.69) is 31.1 Å². The van der Waals surface area contributed by atoms with Crippen LogP contribution in [0.3, 0.4) is 0 Å². The first kappa shape index (κ1) is 14.5. The van der Waals surface area contributed by atoms with Crippen molar-refractivity contribution in [2.45, 2.75) is 51.6 Å². The number of nitrogens with one attached hydrogen (secondary N) is 1. The maximum Gasteiger partial charge on any atom is 0.306 e. The number of hydrogen-bond acceptors (Lipinski definition) is 3. The standard InChI is InChI=1S/C13H26N2O2/c1-10(2)15(3)8-7-14-12-6-4-5-11(9-12)13(16)17/h10-12,14H,4-9H2,1-3H3,(H,16,17). The van der Waals surface area contributed by atoms with Gasteiger partial charge in [-0.15, -0.1) is 0 Å². The molecular formula is C13H26N2O2. The van der Waals surface area contributed by atoms with Crippen LogP contribution in [0.5, 0.6) is 0 Å². The molecule has 0 aromatic rings. The zero-order valence-corrected chi connectivity index (χ0v) is 11.3. The highest BCUT2D eigenvalue weighted by Crippen LogP contribution is 2.24. The van der Waals surface area contributed by atoms with Crippen LogP contribution in [0.1, 0.15) is 39.5 Å². The maximum atomic E-state index is 10.9. The van der Waals surface area contributed by atoms with E-state index >= 15 is 0 Å². The monoisotopic (exact) mass is 242 g/mol. The Labute approximate surface area is 104 Å². The van der Waals surface area contributed by atoms with Gasteiger partial charge in [0.25, 0.3) is 0 Å². The summed E-state index contributed by atoms with van der Waals surface area (Å²) >= 11 is 0. The van der Waals surface area contributed by atoms with Gasteiger partial charge in [0, 0.05) is 25.2 Å². The third kappa shape index (κ3) is 5.04. The van der Waals surface area contributed by atoms with Crippen molar-refractivity contribution in [1.29, 1.82) is 0 Å². The second kappa shape index (κ2) is 6.97. The van der Waals surface area contributed by atoms with Crippen LogP contribution in [-0.2, 0) is 4.79 Å². The SMILES string of the molecule is CC(C)N(C)CCNC1CCCC(C(=O)O)C1. The Bertz CT molecular complexity index is 244. The van der Waals surface area contributed by atoms with Gasteiger partial charge in [-0.3, -0.25) is 4.79 Å². The molecule has 4 heteroatoms. The van der Waals surface area contributed by atoms with Crippen molar-refractivity contribution >= 4 is 5.97 Å². The summed E-state index contributed by atoms with van der Waals surface area (Å²) in [7, 11) is 2.12. The number of hydrogen-bond donors (Lipinski definition) is 2. The van der Waals surface area contributed by atoms with Crippen LogP contribution in [0.25, 0.3) is 0 Å². The summed E-state index contributed by atoms with van der Waals surface area (Å²) in [5, 5.41) is 12.5. The highest BCUT2D eigenvalue weighted by molar-refractivity contribution is 5.70. The van der Waals surface area contributed by atoms with E-state index < -0.39 is 5.97 Å². The molecule has 0 aliphatic heterocycles. The lowest BCUT2D eigenvalue weighted by Gasteiger charge is -2.29. The summed E-state index contributed by atoms with van der Waals surface area (Å²) in [6.07, 6.45) is 3.80. The zero-order chi connectivity index (χ0) is 12.8. The zero-order valence-electron chi connectivity index (χ0n) is 11.3. The average Bonchev–Trinajstić information content (AvgIpc) is 2.29. The van der Waals surface area contributed by atoms with Gasteiger partial charge in [0.2, 0.25) is 0 Å². The topological polar surface area (TPSA) is 52.6 Å². The molecule has 1 rings (SSSR count). The predicted molar refractivity (Wildman–Crippen MR) is 69.2 cm³/mol. The largest absolute Gasteiger partial charge is 0.481 e. The Morgan fingerprint density at radius 2 is 2.18 bits per heavy atom. The molecule has 0 spiro atoms. The molecule has 1 aliphatic rings. The third-order valence-corrected chi connectivity index (χ3v) is 3.80. The number of aliphatic carboxylic acids is 1. The van der Waals surface area contributed by atoms with Crippen LogP contribution < -0.4 is 5.32 Å². The first-order chi connectivity index (χ1) is 8.00. The van der Waals surface area contributed by atoms with E-state index in [9.17, 15) is 4.79 Å². The molecule has 1 aliphatic carbocycles. The number of carboxylic acids is 1. The quantitative estimate of drug-likeness (QED) is 0.742. The maximum absolute atomic E-state index is 10.9. The summed E-state index contributed by atoms with van der Waals surface area (Å²) in [6.45, 7) is 6.33. The number of likely N-dealkylation sites (N-methyl/N-ethyl adjacent to an activating group) is 1. The van der Waals surface area contributed by atoms with Gasteiger partial charge in [0.1, 0.15) is 0 Å². The minimum atomic E-state index is -0.629. The van der Waals surface area contributed by atoms with Gasteiger partial charge in [-0.1, -0.05) is 6.42 Å². The van der Waals surface area contributed by atoms with Crippen molar-refractivity contribution in [2.24, 2.45) is 5.92 Å². The van der Waals surface area contributed by atoms with Crippen LogP contribution in [0, 0.1) is 5.92 Å². The fourth-order valence-corrected chi connectivity index (χ4v) is 2.30. The summed E-state index contributed by atoms with van der Waals surface area (Å²) in [4.78, 5) is 13.2. The minimum absolute atomic E-state index is 0.135. The molecule has 0 bridgehead atoms. The predicted octanol–water partition coefficient (Wildman–Crippen LogP) is 1.56. The Morgan fingerprint density at radius 3 is 2.76 bits per heavy atom. The molecule has 2 unspecified atom stereocenters. The molecule has 0 aromatic heterocycles. The van der Waals surface area contributed by atoms with Crippen LogP contribution in [0.2, 0.25) is 0 Å². The number of carbonyl (C=O) groups is 1. The van der Waals surface area contributed by atoms with Crippen molar-refractivity contribution in [3.05, 3.63) is 0 Å².